The lowest BCUT2D eigenvalue weighted by atomic mass is 10.1. The Kier molecular flexibility index (Phi) is 5.98. The van der Waals surface area contributed by atoms with Gasteiger partial charge >= 0.3 is 0 Å². The van der Waals surface area contributed by atoms with Crippen molar-refractivity contribution in [2.24, 2.45) is 5.92 Å². The monoisotopic (exact) mass is 373 g/mol. The lowest BCUT2D eigenvalue weighted by molar-refractivity contribution is -0.142. The van der Waals surface area contributed by atoms with Crippen LogP contribution in [0.2, 0.25) is 0 Å². The molecule has 0 bridgehead atoms. The minimum atomic E-state index is -0.0783. The van der Waals surface area contributed by atoms with Crippen molar-refractivity contribution in [2.75, 3.05) is 44.2 Å². The van der Waals surface area contributed by atoms with Crippen LogP contribution in [0.5, 0.6) is 5.75 Å². The van der Waals surface area contributed by atoms with E-state index in [1.165, 1.54) is 0 Å². The Morgan fingerprint density at radius 3 is 2.19 bits per heavy atom. The lowest BCUT2D eigenvalue weighted by Gasteiger charge is -2.35. The molecule has 1 aromatic carbocycles. The van der Waals surface area contributed by atoms with E-state index in [1.807, 2.05) is 30.9 Å². The molecule has 2 heterocycles. The molecule has 7 heteroatoms. The van der Waals surface area contributed by atoms with Crippen molar-refractivity contribution in [1.29, 1.82) is 0 Å². The number of carbonyl (C=O) groups excluding carboxylic acids is 3. The van der Waals surface area contributed by atoms with Crippen molar-refractivity contribution in [2.45, 2.75) is 26.7 Å². The number of hydrogen-bond acceptors (Lipinski definition) is 4. The van der Waals surface area contributed by atoms with Crippen LogP contribution >= 0.6 is 0 Å². The van der Waals surface area contributed by atoms with Crippen molar-refractivity contribution in [3.8, 4) is 5.75 Å². The van der Waals surface area contributed by atoms with Crippen LogP contribution in [0.4, 0.5) is 5.69 Å². The summed E-state index contributed by atoms with van der Waals surface area (Å²) >= 11 is 0. The van der Waals surface area contributed by atoms with Gasteiger partial charge < -0.3 is 19.4 Å². The maximum Gasteiger partial charge on any atom is 0.260 e. The van der Waals surface area contributed by atoms with Crippen LogP contribution in [0.15, 0.2) is 24.3 Å². The van der Waals surface area contributed by atoms with Crippen LogP contribution in [0.1, 0.15) is 26.7 Å². The number of hydrogen-bond donors (Lipinski definition) is 0. The minimum absolute atomic E-state index is 0.0191. The van der Waals surface area contributed by atoms with Crippen LogP contribution in [0.3, 0.4) is 0 Å². The van der Waals surface area contributed by atoms with E-state index >= 15 is 0 Å². The van der Waals surface area contributed by atoms with Gasteiger partial charge in [0.1, 0.15) is 5.75 Å². The maximum atomic E-state index is 12.3. The molecule has 0 N–H and O–H groups in total. The molecule has 146 valence electrons. The van der Waals surface area contributed by atoms with Crippen molar-refractivity contribution in [3.05, 3.63) is 24.3 Å². The van der Waals surface area contributed by atoms with Crippen LogP contribution in [-0.4, -0.2) is 66.9 Å². The fraction of sp³-hybridized carbons (Fsp3) is 0.550. The van der Waals surface area contributed by atoms with Gasteiger partial charge in [-0.05, 0) is 30.7 Å². The predicted octanol–water partition coefficient (Wildman–Crippen LogP) is 1.52. The van der Waals surface area contributed by atoms with E-state index in [1.54, 1.807) is 21.9 Å². The largest absolute Gasteiger partial charge is 0.484 e. The molecule has 0 radical (unpaired) electrons. The Bertz CT molecular complexity index is 694. The number of anilines is 1. The molecule has 0 aromatic heterocycles. The molecule has 1 aromatic rings. The normalized spacial score (nSPS) is 17.6. The standard InChI is InChI=1S/C20H27N3O4/c1-15(2)20(26)22-12-10-21(11-13-22)19(25)14-27-17-7-5-16(6-8-17)23-9-3-4-18(23)24/h5-8,15H,3-4,9-14H2,1-2H3. The Hall–Kier alpha value is -2.57. The highest BCUT2D eigenvalue weighted by atomic mass is 16.5. The summed E-state index contributed by atoms with van der Waals surface area (Å²) in [6.07, 6.45) is 1.49. The molecule has 0 spiro atoms. The first kappa shape index (κ1) is 19.2. The number of benzene rings is 1. The number of amides is 3. The van der Waals surface area contributed by atoms with Gasteiger partial charge in [0.15, 0.2) is 6.61 Å². The van der Waals surface area contributed by atoms with Gasteiger partial charge in [0.25, 0.3) is 5.91 Å². The fourth-order valence-electron chi connectivity index (χ4n) is 3.42. The first-order valence-electron chi connectivity index (χ1n) is 9.55. The van der Waals surface area contributed by atoms with Crippen molar-refractivity contribution in [3.63, 3.8) is 0 Å². The van der Waals surface area contributed by atoms with E-state index in [-0.39, 0.29) is 30.2 Å². The first-order chi connectivity index (χ1) is 13.0. The molecule has 2 aliphatic heterocycles. The van der Waals surface area contributed by atoms with E-state index in [4.69, 9.17) is 4.74 Å². The molecule has 2 aliphatic rings. The predicted molar refractivity (Wildman–Crippen MR) is 102 cm³/mol. The summed E-state index contributed by atoms with van der Waals surface area (Å²) in [4.78, 5) is 41.4. The maximum absolute atomic E-state index is 12.3. The highest BCUT2D eigenvalue weighted by Gasteiger charge is 2.25. The minimum Gasteiger partial charge on any atom is -0.484 e. The molecule has 0 aliphatic carbocycles. The molecule has 0 saturated carbocycles. The summed E-state index contributed by atoms with van der Waals surface area (Å²) in [6, 6.07) is 7.26. The van der Waals surface area contributed by atoms with Gasteiger partial charge in [0.05, 0.1) is 0 Å². The molecule has 3 amide bonds. The second-order valence-electron chi connectivity index (χ2n) is 7.29. The van der Waals surface area contributed by atoms with E-state index < -0.39 is 0 Å². The average molecular weight is 373 g/mol. The first-order valence-corrected chi connectivity index (χ1v) is 9.55. The van der Waals surface area contributed by atoms with Crippen molar-refractivity contribution >= 4 is 23.4 Å². The highest BCUT2D eigenvalue weighted by molar-refractivity contribution is 5.95. The molecule has 7 nitrogen and oxygen atoms in total. The molecule has 2 fully saturated rings. The summed E-state index contributed by atoms with van der Waals surface area (Å²) in [6.45, 7) is 6.72. The summed E-state index contributed by atoms with van der Waals surface area (Å²) < 4.78 is 5.60. The summed E-state index contributed by atoms with van der Waals surface area (Å²) in [5.41, 5.74) is 0.863. The lowest BCUT2D eigenvalue weighted by Crippen LogP contribution is -2.52. The number of rotatable bonds is 5. The van der Waals surface area contributed by atoms with Gasteiger partial charge in [-0.2, -0.15) is 0 Å². The van der Waals surface area contributed by atoms with Gasteiger partial charge in [-0.15, -0.1) is 0 Å². The number of nitrogens with zero attached hydrogens (tertiary/aromatic N) is 3. The third kappa shape index (κ3) is 4.59. The van der Waals surface area contributed by atoms with Crippen LogP contribution < -0.4 is 9.64 Å². The zero-order valence-corrected chi connectivity index (χ0v) is 16.0. The summed E-state index contributed by atoms with van der Waals surface area (Å²) in [7, 11) is 0. The Balaban J connectivity index is 1.45. The molecular formula is C20H27N3O4. The fourth-order valence-corrected chi connectivity index (χ4v) is 3.42. The second kappa shape index (κ2) is 8.41. The third-order valence-corrected chi connectivity index (χ3v) is 5.02. The van der Waals surface area contributed by atoms with Crippen molar-refractivity contribution in [1.82, 2.24) is 9.80 Å². The van der Waals surface area contributed by atoms with E-state index in [0.717, 1.165) is 18.7 Å². The summed E-state index contributed by atoms with van der Waals surface area (Å²) in [5.74, 6) is 0.788. The van der Waals surface area contributed by atoms with E-state index in [2.05, 4.69) is 0 Å². The van der Waals surface area contributed by atoms with Gasteiger partial charge in [-0.1, -0.05) is 13.8 Å². The molecule has 2 saturated heterocycles. The van der Waals surface area contributed by atoms with Crippen LogP contribution in [0, 0.1) is 5.92 Å². The second-order valence-corrected chi connectivity index (χ2v) is 7.29. The summed E-state index contributed by atoms with van der Waals surface area (Å²) in [5, 5.41) is 0. The van der Waals surface area contributed by atoms with Gasteiger partial charge in [-0.25, -0.2) is 0 Å². The molecule has 0 unspecified atom stereocenters. The Morgan fingerprint density at radius 1 is 1.00 bits per heavy atom. The SMILES string of the molecule is CC(C)C(=O)N1CCN(C(=O)COc2ccc(N3CCCC3=O)cc2)CC1. The Labute approximate surface area is 159 Å². The smallest absolute Gasteiger partial charge is 0.260 e. The van der Waals surface area contributed by atoms with Gasteiger partial charge in [0.2, 0.25) is 11.8 Å². The third-order valence-electron chi connectivity index (χ3n) is 5.02. The highest BCUT2D eigenvalue weighted by Crippen LogP contribution is 2.24. The van der Waals surface area contributed by atoms with Gasteiger partial charge in [-0.3, -0.25) is 14.4 Å². The number of ether oxygens (including phenoxy) is 1. The quantitative estimate of drug-likeness (QED) is 0.785. The number of carbonyl (C=O) groups is 3. The van der Waals surface area contributed by atoms with E-state index in [0.29, 0.717) is 38.3 Å². The Morgan fingerprint density at radius 2 is 1.63 bits per heavy atom. The van der Waals surface area contributed by atoms with Gasteiger partial charge in [0, 0.05) is 50.7 Å². The van der Waals surface area contributed by atoms with Crippen molar-refractivity contribution < 1.29 is 19.1 Å². The van der Waals surface area contributed by atoms with Crippen LogP contribution in [-0.2, 0) is 14.4 Å². The molecule has 3 rings (SSSR count). The van der Waals surface area contributed by atoms with Crippen LogP contribution in [0.25, 0.3) is 0 Å². The average Bonchev–Trinajstić information content (AvgIpc) is 3.12. The molecule has 0 atom stereocenters. The zero-order valence-electron chi connectivity index (χ0n) is 16.0. The molecular weight excluding hydrogens is 346 g/mol. The van der Waals surface area contributed by atoms with E-state index in [9.17, 15) is 14.4 Å². The molecule has 27 heavy (non-hydrogen) atoms. The zero-order chi connectivity index (χ0) is 19.4. The topological polar surface area (TPSA) is 70.2 Å². The number of piperazine rings is 1.